The third-order valence-electron chi connectivity index (χ3n) is 5.90. The number of thiazole rings is 1. The van der Waals surface area contributed by atoms with Crippen molar-refractivity contribution in [1.29, 1.82) is 0 Å². The van der Waals surface area contributed by atoms with E-state index in [2.05, 4.69) is 29.1 Å². The first-order chi connectivity index (χ1) is 13.7. The largest absolute Gasteiger partial charge is 0.455 e. The summed E-state index contributed by atoms with van der Waals surface area (Å²) >= 11 is 1.67. The standard InChI is InChI=1S/C22H29N3O3S/c1-14-19-17(26)10-22(3,4)11-18(19)28-20(14)21(27)25-7-5-6-24(8-9-25)12-16-13-29-15(2)23-16/h13H,5-12H2,1-4H3. The van der Waals surface area contributed by atoms with E-state index in [4.69, 9.17) is 4.42 Å². The molecule has 6 nitrogen and oxygen atoms in total. The van der Waals surface area contributed by atoms with E-state index in [1.165, 1.54) is 0 Å². The number of hydrogen-bond donors (Lipinski definition) is 0. The Bertz CT molecular complexity index is 943. The molecule has 156 valence electrons. The topological polar surface area (TPSA) is 66.7 Å². The van der Waals surface area contributed by atoms with Crippen molar-refractivity contribution < 1.29 is 14.0 Å². The Balaban J connectivity index is 1.47. The van der Waals surface area contributed by atoms with Crippen molar-refractivity contribution in [1.82, 2.24) is 14.8 Å². The lowest BCUT2D eigenvalue weighted by atomic mass is 9.76. The van der Waals surface area contributed by atoms with E-state index in [0.29, 0.717) is 48.6 Å². The normalized spacial score (nSPS) is 19.9. The highest BCUT2D eigenvalue weighted by atomic mass is 32.1. The molecule has 0 unspecified atom stereocenters. The number of ketones is 1. The summed E-state index contributed by atoms with van der Waals surface area (Å²) in [6.45, 7) is 12.0. The van der Waals surface area contributed by atoms with Crippen LogP contribution in [-0.4, -0.2) is 52.7 Å². The SMILES string of the molecule is Cc1nc(CN2CCCN(C(=O)c3oc4c(c3C)C(=O)CC(C)(C)C4)CC2)cs1. The molecule has 1 amide bonds. The van der Waals surface area contributed by atoms with E-state index < -0.39 is 0 Å². The summed E-state index contributed by atoms with van der Waals surface area (Å²) in [4.78, 5) is 34.6. The van der Waals surface area contributed by atoms with Gasteiger partial charge in [0, 0.05) is 56.5 Å². The van der Waals surface area contributed by atoms with Gasteiger partial charge in [-0.25, -0.2) is 4.98 Å². The molecule has 2 aromatic rings. The maximum absolute atomic E-state index is 13.2. The number of hydrogen-bond acceptors (Lipinski definition) is 6. The molecule has 1 aliphatic heterocycles. The van der Waals surface area contributed by atoms with Crippen molar-refractivity contribution in [2.45, 2.75) is 53.5 Å². The van der Waals surface area contributed by atoms with Gasteiger partial charge in [0.1, 0.15) is 5.76 Å². The molecule has 0 bridgehead atoms. The molecular weight excluding hydrogens is 386 g/mol. The Labute approximate surface area is 175 Å². The molecule has 0 saturated carbocycles. The van der Waals surface area contributed by atoms with Crippen molar-refractivity contribution in [3.8, 4) is 0 Å². The van der Waals surface area contributed by atoms with Crippen LogP contribution in [0.15, 0.2) is 9.80 Å². The van der Waals surface area contributed by atoms with Crippen LogP contribution < -0.4 is 0 Å². The fourth-order valence-electron chi connectivity index (χ4n) is 4.47. The van der Waals surface area contributed by atoms with Gasteiger partial charge >= 0.3 is 0 Å². The Kier molecular flexibility index (Phi) is 5.38. The van der Waals surface area contributed by atoms with Gasteiger partial charge in [-0.15, -0.1) is 11.3 Å². The van der Waals surface area contributed by atoms with Gasteiger partial charge < -0.3 is 9.32 Å². The molecule has 0 atom stereocenters. The monoisotopic (exact) mass is 415 g/mol. The zero-order valence-electron chi connectivity index (χ0n) is 17.7. The van der Waals surface area contributed by atoms with Crippen molar-refractivity contribution in [3.05, 3.63) is 38.7 Å². The van der Waals surface area contributed by atoms with E-state index in [1.807, 2.05) is 18.7 Å². The van der Waals surface area contributed by atoms with E-state index in [0.717, 1.165) is 36.8 Å². The Morgan fingerprint density at radius 3 is 2.72 bits per heavy atom. The van der Waals surface area contributed by atoms with Crippen LogP contribution >= 0.6 is 11.3 Å². The van der Waals surface area contributed by atoms with Crippen molar-refractivity contribution >= 4 is 23.0 Å². The van der Waals surface area contributed by atoms with Gasteiger partial charge in [0.2, 0.25) is 0 Å². The number of rotatable bonds is 3. The smallest absolute Gasteiger partial charge is 0.289 e. The highest BCUT2D eigenvalue weighted by Gasteiger charge is 2.37. The summed E-state index contributed by atoms with van der Waals surface area (Å²) in [5.74, 6) is 1.04. The quantitative estimate of drug-likeness (QED) is 0.762. The zero-order valence-corrected chi connectivity index (χ0v) is 18.5. The molecule has 2 aliphatic rings. The number of carbonyl (C=O) groups excluding carboxylic acids is 2. The molecule has 29 heavy (non-hydrogen) atoms. The van der Waals surface area contributed by atoms with Crippen LogP contribution in [0, 0.1) is 19.3 Å². The van der Waals surface area contributed by atoms with Crippen molar-refractivity contribution in [2.24, 2.45) is 5.41 Å². The van der Waals surface area contributed by atoms with E-state index in [1.54, 1.807) is 11.3 Å². The van der Waals surface area contributed by atoms with Crippen LogP contribution in [0.1, 0.15) is 69.6 Å². The summed E-state index contributed by atoms with van der Waals surface area (Å²) in [7, 11) is 0. The zero-order chi connectivity index (χ0) is 20.8. The first kappa shape index (κ1) is 20.3. The minimum Gasteiger partial charge on any atom is -0.455 e. The van der Waals surface area contributed by atoms with Crippen LogP contribution in [0.4, 0.5) is 0 Å². The number of amides is 1. The van der Waals surface area contributed by atoms with Gasteiger partial charge in [-0.2, -0.15) is 0 Å². The minimum atomic E-state index is -0.119. The second kappa shape index (κ2) is 7.69. The first-order valence-electron chi connectivity index (χ1n) is 10.3. The summed E-state index contributed by atoms with van der Waals surface area (Å²) in [6.07, 6.45) is 2.12. The number of carbonyl (C=O) groups is 2. The molecule has 3 heterocycles. The Morgan fingerprint density at radius 2 is 2.00 bits per heavy atom. The van der Waals surface area contributed by atoms with Crippen LogP contribution in [0.25, 0.3) is 0 Å². The van der Waals surface area contributed by atoms with Crippen LogP contribution in [0.5, 0.6) is 0 Å². The Morgan fingerprint density at radius 1 is 1.21 bits per heavy atom. The second-order valence-electron chi connectivity index (χ2n) is 9.08. The van der Waals surface area contributed by atoms with Gasteiger partial charge in [0.15, 0.2) is 11.5 Å². The minimum absolute atomic E-state index is 0.0890. The van der Waals surface area contributed by atoms with Crippen molar-refractivity contribution in [3.63, 3.8) is 0 Å². The molecule has 1 fully saturated rings. The first-order valence-corrected chi connectivity index (χ1v) is 11.2. The molecular formula is C22H29N3O3S. The van der Waals surface area contributed by atoms with Gasteiger partial charge in [-0.05, 0) is 25.7 Å². The number of Topliss-reactive ketones (excluding diaryl/α,β-unsaturated/α-hetero) is 1. The Hall–Kier alpha value is -1.99. The molecule has 0 spiro atoms. The number of furan rings is 1. The summed E-state index contributed by atoms with van der Waals surface area (Å²) in [5.41, 5.74) is 2.33. The van der Waals surface area contributed by atoms with E-state index in [9.17, 15) is 9.59 Å². The van der Waals surface area contributed by atoms with Crippen LogP contribution in [-0.2, 0) is 13.0 Å². The summed E-state index contributed by atoms with van der Waals surface area (Å²) in [5, 5.41) is 3.19. The number of aryl methyl sites for hydroxylation is 1. The average molecular weight is 416 g/mol. The highest BCUT2D eigenvalue weighted by molar-refractivity contribution is 7.09. The molecule has 0 N–H and O–H groups in total. The predicted molar refractivity (Wildman–Crippen MR) is 113 cm³/mol. The molecule has 0 radical (unpaired) electrons. The van der Waals surface area contributed by atoms with Crippen molar-refractivity contribution in [2.75, 3.05) is 26.2 Å². The molecule has 2 aromatic heterocycles. The average Bonchev–Trinajstić information content (AvgIpc) is 3.08. The van der Waals surface area contributed by atoms with Gasteiger partial charge in [-0.3, -0.25) is 14.5 Å². The third-order valence-corrected chi connectivity index (χ3v) is 6.72. The summed E-state index contributed by atoms with van der Waals surface area (Å²) < 4.78 is 5.99. The number of nitrogens with zero attached hydrogens (tertiary/aromatic N) is 3. The lowest BCUT2D eigenvalue weighted by Crippen LogP contribution is -2.35. The molecule has 1 saturated heterocycles. The number of fused-ring (bicyclic) bond motifs is 1. The molecule has 7 heteroatoms. The second-order valence-corrected chi connectivity index (χ2v) is 10.1. The fourth-order valence-corrected chi connectivity index (χ4v) is 5.08. The van der Waals surface area contributed by atoms with Gasteiger partial charge in [-0.1, -0.05) is 13.8 Å². The lowest BCUT2D eigenvalue weighted by molar-refractivity contribution is 0.0722. The van der Waals surface area contributed by atoms with Gasteiger partial charge in [0.25, 0.3) is 5.91 Å². The third kappa shape index (κ3) is 4.16. The van der Waals surface area contributed by atoms with E-state index in [-0.39, 0.29) is 17.1 Å². The van der Waals surface area contributed by atoms with Crippen LogP contribution in [0.3, 0.4) is 0 Å². The van der Waals surface area contributed by atoms with Gasteiger partial charge in [0.05, 0.1) is 16.3 Å². The van der Waals surface area contributed by atoms with Crippen LogP contribution in [0.2, 0.25) is 0 Å². The van der Waals surface area contributed by atoms with E-state index >= 15 is 0 Å². The highest BCUT2D eigenvalue weighted by Crippen LogP contribution is 2.38. The summed E-state index contributed by atoms with van der Waals surface area (Å²) in [6, 6.07) is 0. The fraction of sp³-hybridized carbons (Fsp3) is 0.591. The molecule has 4 rings (SSSR count). The number of aromatic nitrogens is 1. The molecule has 0 aromatic carbocycles. The molecule has 1 aliphatic carbocycles. The predicted octanol–water partition coefficient (Wildman–Crippen LogP) is 3.86. The maximum atomic E-state index is 13.2. The maximum Gasteiger partial charge on any atom is 0.289 e. The lowest BCUT2D eigenvalue weighted by Gasteiger charge is -2.27.